The largest absolute Gasteiger partial charge is 0.366 e. The number of hydrogen-bond donors (Lipinski definition) is 1. The molecule has 1 fully saturated rings. The maximum absolute atomic E-state index is 12.9. The van der Waals surface area contributed by atoms with Crippen LogP contribution in [0.3, 0.4) is 0 Å². The van der Waals surface area contributed by atoms with Gasteiger partial charge in [0.05, 0.1) is 21.6 Å². The molecular formula is C22H28N2O4S2. The van der Waals surface area contributed by atoms with E-state index in [4.69, 9.17) is 4.74 Å². The molecule has 2 aliphatic rings. The molecular weight excluding hydrogens is 420 g/mol. The van der Waals surface area contributed by atoms with Gasteiger partial charge in [-0.3, -0.25) is 9.78 Å². The third kappa shape index (κ3) is 4.23. The number of sulfone groups is 1. The maximum atomic E-state index is 12.9. The quantitative estimate of drug-likeness (QED) is 0.683. The second-order valence-corrected chi connectivity index (χ2v) is 11.5. The third-order valence-corrected chi connectivity index (χ3v) is 9.11. The van der Waals surface area contributed by atoms with Gasteiger partial charge in [0.25, 0.3) is 0 Å². The van der Waals surface area contributed by atoms with Gasteiger partial charge in [-0.25, -0.2) is 8.42 Å². The van der Waals surface area contributed by atoms with Gasteiger partial charge in [0.2, 0.25) is 0 Å². The predicted molar refractivity (Wildman–Crippen MR) is 117 cm³/mol. The summed E-state index contributed by atoms with van der Waals surface area (Å²) in [5, 5.41) is 3.40. The van der Waals surface area contributed by atoms with Crippen LogP contribution >= 0.6 is 11.3 Å². The minimum absolute atomic E-state index is 0.0510. The number of nitrogens with one attached hydrogen (secondary N) is 1. The van der Waals surface area contributed by atoms with Gasteiger partial charge in [0.1, 0.15) is 5.60 Å². The number of hydrogen-bond acceptors (Lipinski definition) is 7. The number of ketones is 1. The van der Waals surface area contributed by atoms with Crippen molar-refractivity contribution in [2.45, 2.75) is 62.6 Å². The number of fused-ring (bicyclic) bond motifs is 2. The molecule has 0 bridgehead atoms. The highest BCUT2D eigenvalue weighted by Gasteiger charge is 2.43. The van der Waals surface area contributed by atoms with Crippen LogP contribution in [0.2, 0.25) is 0 Å². The van der Waals surface area contributed by atoms with E-state index in [1.807, 2.05) is 0 Å². The lowest BCUT2D eigenvalue weighted by atomic mass is 9.84. The Morgan fingerprint density at radius 3 is 2.77 bits per heavy atom. The second kappa shape index (κ2) is 8.49. The summed E-state index contributed by atoms with van der Waals surface area (Å²) < 4.78 is 30.2. The lowest BCUT2D eigenvalue weighted by Crippen LogP contribution is -2.46. The maximum Gasteiger partial charge on any atom is 0.179 e. The van der Waals surface area contributed by atoms with E-state index in [1.165, 1.54) is 16.6 Å². The average molecular weight is 449 g/mol. The summed E-state index contributed by atoms with van der Waals surface area (Å²) in [4.78, 5) is 19.4. The Hall–Kier alpha value is -1.61. The van der Waals surface area contributed by atoms with Gasteiger partial charge in [-0.1, -0.05) is 6.92 Å². The van der Waals surface area contributed by atoms with Crippen LogP contribution in [-0.2, 0) is 33.0 Å². The molecule has 0 saturated carbocycles. The molecule has 0 radical (unpaired) electrons. The zero-order valence-corrected chi connectivity index (χ0v) is 19.1. The van der Waals surface area contributed by atoms with Crippen molar-refractivity contribution in [2.24, 2.45) is 0 Å². The third-order valence-electron chi connectivity index (χ3n) is 5.99. The van der Waals surface area contributed by atoms with Crippen LogP contribution < -0.4 is 5.32 Å². The van der Waals surface area contributed by atoms with Crippen LogP contribution in [-0.4, -0.2) is 44.1 Å². The fourth-order valence-corrected chi connectivity index (χ4v) is 6.51. The zero-order valence-electron chi connectivity index (χ0n) is 17.4. The summed E-state index contributed by atoms with van der Waals surface area (Å²) in [5.74, 6) is 0.160. The van der Waals surface area contributed by atoms with E-state index in [0.717, 1.165) is 42.9 Å². The van der Waals surface area contributed by atoms with E-state index in [2.05, 4.69) is 23.3 Å². The first-order valence-electron chi connectivity index (χ1n) is 10.6. The average Bonchev–Trinajstić information content (AvgIpc) is 3.18. The minimum atomic E-state index is -3.25. The van der Waals surface area contributed by atoms with E-state index in [0.29, 0.717) is 12.8 Å². The molecule has 2 aromatic rings. The van der Waals surface area contributed by atoms with E-state index in [9.17, 15) is 13.2 Å². The van der Waals surface area contributed by atoms with Crippen LogP contribution in [0, 0.1) is 0 Å². The van der Waals surface area contributed by atoms with Crippen molar-refractivity contribution in [3.63, 3.8) is 0 Å². The molecule has 2 aliphatic heterocycles. The first-order valence-corrected chi connectivity index (χ1v) is 13.0. The molecule has 1 unspecified atom stereocenters. The number of rotatable bonds is 6. The molecule has 4 rings (SSSR count). The zero-order chi connectivity index (χ0) is 21.4. The Morgan fingerprint density at radius 2 is 2.10 bits per heavy atom. The number of aryl methyl sites for hydroxylation is 1. The van der Waals surface area contributed by atoms with Crippen LogP contribution in [0.4, 0.5) is 0 Å². The van der Waals surface area contributed by atoms with Crippen molar-refractivity contribution >= 4 is 27.0 Å². The van der Waals surface area contributed by atoms with Gasteiger partial charge in [0, 0.05) is 23.2 Å². The van der Waals surface area contributed by atoms with E-state index in [1.54, 1.807) is 30.4 Å². The Kier molecular flexibility index (Phi) is 6.12. The molecule has 1 atom stereocenters. The molecule has 8 heteroatoms. The van der Waals surface area contributed by atoms with Crippen molar-refractivity contribution in [3.8, 4) is 0 Å². The van der Waals surface area contributed by atoms with Crippen molar-refractivity contribution < 1.29 is 17.9 Å². The fraction of sp³-hybridized carbons (Fsp3) is 0.545. The van der Waals surface area contributed by atoms with Gasteiger partial charge < -0.3 is 10.1 Å². The number of piperidine rings is 1. The molecule has 0 aliphatic carbocycles. The van der Waals surface area contributed by atoms with Gasteiger partial charge >= 0.3 is 0 Å². The van der Waals surface area contributed by atoms with Gasteiger partial charge in [-0.05, 0) is 69.5 Å². The highest BCUT2D eigenvalue weighted by atomic mass is 32.2. The summed E-state index contributed by atoms with van der Waals surface area (Å²) in [6.07, 6.45) is 5.14. The number of ether oxygens (including phenoxy) is 1. The highest BCUT2D eigenvalue weighted by Crippen LogP contribution is 2.46. The Morgan fingerprint density at radius 1 is 1.33 bits per heavy atom. The van der Waals surface area contributed by atoms with Crippen molar-refractivity contribution in [1.29, 1.82) is 0 Å². The number of nitrogens with zero attached hydrogens (tertiary/aromatic N) is 1. The smallest absolute Gasteiger partial charge is 0.179 e. The van der Waals surface area contributed by atoms with Crippen molar-refractivity contribution in [1.82, 2.24) is 10.3 Å². The molecule has 30 heavy (non-hydrogen) atoms. The molecule has 0 aromatic carbocycles. The fourth-order valence-electron chi connectivity index (χ4n) is 4.34. The second-order valence-electron chi connectivity index (χ2n) is 8.15. The molecule has 1 spiro atoms. The Balaban J connectivity index is 1.47. The Labute approximate surface area is 182 Å². The number of thiophene rings is 1. The number of Topliss-reactive ketones (excluding diaryl/α,β-unsaturated/α-hetero) is 1. The summed E-state index contributed by atoms with van der Waals surface area (Å²) in [7, 11) is -3.25. The van der Waals surface area contributed by atoms with Crippen LogP contribution in [0.15, 0.2) is 29.3 Å². The van der Waals surface area contributed by atoms with Gasteiger partial charge in [-0.2, -0.15) is 0 Å². The van der Waals surface area contributed by atoms with E-state index >= 15 is 0 Å². The van der Waals surface area contributed by atoms with Crippen LogP contribution in [0.25, 0.3) is 0 Å². The first kappa shape index (κ1) is 21.6. The summed E-state index contributed by atoms with van der Waals surface area (Å²) >= 11 is 1.59. The standard InChI is InChI=1S/C22H28N2O4S2/c1-3-30(26,27)18-6-4-17(24-14-18)5-7-19(25)20-13-16-12-15(2)28-22(21(16)29-20)8-10-23-11-9-22/h4,6,13-15,23H,3,5,7-12H2,1-2H3. The summed E-state index contributed by atoms with van der Waals surface area (Å²) in [6, 6.07) is 5.35. The number of aromatic nitrogens is 1. The monoisotopic (exact) mass is 448 g/mol. The van der Waals surface area contributed by atoms with E-state index < -0.39 is 9.84 Å². The Bertz CT molecular complexity index is 1020. The van der Waals surface area contributed by atoms with Gasteiger partial charge in [-0.15, -0.1) is 11.3 Å². The lowest BCUT2D eigenvalue weighted by Gasteiger charge is -2.43. The molecule has 0 amide bonds. The summed E-state index contributed by atoms with van der Waals surface area (Å²) in [6.45, 7) is 5.59. The van der Waals surface area contributed by atoms with Crippen molar-refractivity contribution in [2.75, 3.05) is 18.8 Å². The predicted octanol–water partition coefficient (Wildman–Crippen LogP) is 3.29. The lowest BCUT2D eigenvalue weighted by molar-refractivity contribution is -0.117. The topological polar surface area (TPSA) is 85.4 Å². The van der Waals surface area contributed by atoms with Gasteiger partial charge in [0.15, 0.2) is 15.6 Å². The number of carbonyl (C=O) groups is 1. The first-order chi connectivity index (χ1) is 14.3. The SMILES string of the molecule is CCS(=O)(=O)c1ccc(CCC(=O)c2cc3c(s2)C2(CCNCC2)OC(C)C3)nc1. The molecule has 4 heterocycles. The van der Waals surface area contributed by atoms with Crippen LogP contribution in [0.5, 0.6) is 0 Å². The molecule has 2 aromatic heterocycles. The molecule has 6 nitrogen and oxygen atoms in total. The number of carbonyl (C=O) groups excluding carboxylic acids is 1. The summed E-state index contributed by atoms with van der Waals surface area (Å²) in [5.41, 5.74) is 1.74. The number of pyridine rings is 1. The normalized spacial score (nSPS) is 20.8. The molecule has 1 saturated heterocycles. The molecule has 1 N–H and O–H groups in total. The van der Waals surface area contributed by atoms with Crippen LogP contribution in [0.1, 0.15) is 58.9 Å². The van der Waals surface area contributed by atoms with Crippen molar-refractivity contribution in [3.05, 3.63) is 45.4 Å². The van der Waals surface area contributed by atoms with E-state index in [-0.39, 0.29) is 28.1 Å². The minimum Gasteiger partial charge on any atom is -0.366 e. The highest BCUT2D eigenvalue weighted by molar-refractivity contribution is 7.91. The molecule has 162 valence electrons.